The number of esters is 3. The summed E-state index contributed by atoms with van der Waals surface area (Å²) in [5, 5.41) is 0. The van der Waals surface area contributed by atoms with Gasteiger partial charge in [-0.25, -0.2) is 0 Å². The fourth-order valence-corrected chi connectivity index (χ4v) is 7.09. The molecule has 1 atom stereocenters. The molecule has 0 aliphatic heterocycles. The van der Waals surface area contributed by atoms with Crippen LogP contribution in [0.5, 0.6) is 0 Å². The van der Waals surface area contributed by atoms with Gasteiger partial charge in [0.05, 0.1) is 0 Å². The van der Waals surface area contributed by atoms with Crippen LogP contribution in [0, 0.1) is 0 Å². The molecule has 0 rings (SSSR count). The first-order valence-electron chi connectivity index (χ1n) is 26.7. The van der Waals surface area contributed by atoms with E-state index in [4.69, 9.17) is 14.2 Å². The Morgan fingerprint density at radius 2 is 0.631 bits per heavy atom. The molecule has 0 N–H and O–H groups in total. The number of carbonyl (C=O) groups excluding carboxylic acids is 3. The summed E-state index contributed by atoms with van der Waals surface area (Å²) in [6.45, 7) is 6.42. The Labute approximate surface area is 400 Å². The molecule has 0 aliphatic rings. The molecule has 0 aliphatic carbocycles. The van der Waals surface area contributed by atoms with Crippen LogP contribution in [0.4, 0.5) is 0 Å². The molecule has 65 heavy (non-hydrogen) atoms. The lowest BCUT2D eigenvalue weighted by atomic mass is 10.1. The number of allylic oxidation sites excluding steroid dienone is 16. The molecule has 0 heterocycles. The topological polar surface area (TPSA) is 78.9 Å². The molecule has 0 aromatic carbocycles. The Balaban J connectivity index is 4.49. The third kappa shape index (κ3) is 51.2. The molecule has 0 saturated heterocycles. The second-order valence-corrected chi connectivity index (χ2v) is 17.4. The van der Waals surface area contributed by atoms with E-state index in [0.29, 0.717) is 19.3 Å². The lowest BCUT2D eigenvalue weighted by Crippen LogP contribution is -2.30. The minimum atomic E-state index is -0.811. The molecule has 0 unspecified atom stereocenters. The van der Waals surface area contributed by atoms with E-state index in [1.165, 1.54) is 103 Å². The van der Waals surface area contributed by atoms with Crippen molar-refractivity contribution in [1.29, 1.82) is 0 Å². The van der Waals surface area contributed by atoms with E-state index in [2.05, 4.69) is 112 Å². The zero-order chi connectivity index (χ0) is 47.2. The number of unbranched alkanes of at least 4 members (excludes halogenated alkanes) is 20. The van der Waals surface area contributed by atoms with Gasteiger partial charge < -0.3 is 14.2 Å². The number of carbonyl (C=O) groups is 3. The highest BCUT2D eigenvalue weighted by Gasteiger charge is 2.19. The Kier molecular flexibility index (Phi) is 50.0. The molecule has 0 fully saturated rings. The highest BCUT2D eigenvalue weighted by molar-refractivity contribution is 5.71. The molecule has 0 radical (unpaired) electrons. The second-order valence-electron chi connectivity index (χ2n) is 17.4. The van der Waals surface area contributed by atoms with Gasteiger partial charge in [0.25, 0.3) is 0 Å². The third-order valence-electron chi connectivity index (χ3n) is 11.1. The van der Waals surface area contributed by atoms with Crippen molar-refractivity contribution in [3.8, 4) is 0 Å². The largest absolute Gasteiger partial charge is 0.462 e. The van der Waals surface area contributed by atoms with E-state index in [9.17, 15) is 14.4 Å². The Hall–Kier alpha value is -3.67. The van der Waals surface area contributed by atoms with Crippen molar-refractivity contribution < 1.29 is 28.6 Å². The summed E-state index contributed by atoms with van der Waals surface area (Å²) in [7, 11) is 0. The van der Waals surface area contributed by atoms with Crippen molar-refractivity contribution in [2.75, 3.05) is 13.2 Å². The zero-order valence-electron chi connectivity index (χ0n) is 42.2. The molecule has 0 aromatic rings. The van der Waals surface area contributed by atoms with Gasteiger partial charge in [-0.15, -0.1) is 0 Å². The van der Waals surface area contributed by atoms with Gasteiger partial charge in [-0.1, -0.05) is 227 Å². The average Bonchev–Trinajstić information content (AvgIpc) is 3.30. The van der Waals surface area contributed by atoms with E-state index in [1.807, 2.05) is 6.08 Å². The highest BCUT2D eigenvalue weighted by Crippen LogP contribution is 2.14. The molecule has 0 spiro atoms. The monoisotopic (exact) mass is 903 g/mol. The fourth-order valence-electron chi connectivity index (χ4n) is 7.09. The smallest absolute Gasteiger partial charge is 0.306 e. The van der Waals surface area contributed by atoms with Crippen molar-refractivity contribution in [3.05, 3.63) is 97.2 Å². The van der Waals surface area contributed by atoms with Crippen LogP contribution in [0.2, 0.25) is 0 Å². The van der Waals surface area contributed by atoms with E-state index >= 15 is 0 Å². The summed E-state index contributed by atoms with van der Waals surface area (Å²) in [5.74, 6) is -1.00. The highest BCUT2D eigenvalue weighted by atomic mass is 16.6. The second kappa shape index (κ2) is 52.9. The molecular weight excluding hydrogens is 805 g/mol. The van der Waals surface area contributed by atoms with Gasteiger partial charge >= 0.3 is 17.9 Å². The summed E-state index contributed by atoms with van der Waals surface area (Å²) in [6.07, 6.45) is 69.7. The van der Waals surface area contributed by atoms with Crippen molar-refractivity contribution in [2.45, 2.75) is 245 Å². The number of hydrogen-bond donors (Lipinski definition) is 0. The van der Waals surface area contributed by atoms with Crippen LogP contribution in [-0.2, 0) is 28.6 Å². The summed E-state index contributed by atoms with van der Waals surface area (Å²) >= 11 is 0. The normalized spacial score (nSPS) is 12.8. The fraction of sp³-hybridized carbons (Fsp3) is 0.678. The number of rotatable bonds is 47. The quantitative estimate of drug-likeness (QED) is 0.0262. The van der Waals surface area contributed by atoms with Crippen molar-refractivity contribution in [3.63, 3.8) is 0 Å². The van der Waals surface area contributed by atoms with Crippen LogP contribution in [0.1, 0.15) is 239 Å². The zero-order valence-corrected chi connectivity index (χ0v) is 42.2. The van der Waals surface area contributed by atoms with Crippen molar-refractivity contribution in [1.82, 2.24) is 0 Å². The lowest BCUT2D eigenvalue weighted by Gasteiger charge is -2.18. The minimum absolute atomic E-state index is 0.103. The number of hydrogen-bond acceptors (Lipinski definition) is 6. The van der Waals surface area contributed by atoms with Crippen LogP contribution in [-0.4, -0.2) is 37.2 Å². The van der Waals surface area contributed by atoms with Gasteiger partial charge in [-0.2, -0.15) is 0 Å². The summed E-state index contributed by atoms with van der Waals surface area (Å²) in [6, 6.07) is 0. The molecule has 6 nitrogen and oxygen atoms in total. The van der Waals surface area contributed by atoms with Crippen LogP contribution in [0.25, 0.3) is 0 Å². The summed E-state index contributed by atoms with van der Waals surface area (Å²) < 4.78 is 16.7. The van der Waals surface area contributed by atoms with E-state index in [0.717, 1.165) is 89.9 Å². The summed E-state index contributed by atoms with van der Waals surface area (Å²) in [5.41, 5.74) is 0. The molecule has 0 bridgehead atoms. The maximum Gasteiger partial charge on any atom is 0.306 e. The SMILES string of the molecule is CC/C=C\C/C=C\C/C=C\C/C=C\C/C=C\C/C=C\CCC(=O)OC[C@@H](COC(=O)CCCCCCCCCCCCC)OC(=O)CCCCCCCCC/C=C\C/C=C\CCCCC. The van der Waals surface area contributed by atoms with Gasteiger partial charge in [0.1, 0.15) is 13.2 Å². The first-order chi connectivity index (χ1) is 32.0. The molecule has 370 valence electrons. The van der Waals surface area contributed by atoms with Gasteiger partial charge in [-0.3, -0.25) is 14.4 Å². The van der Waals surface area contributed by atoms with Gasteiger partial charge in [0.2, 0.25) is 0 Å². The predicted molar refractivity (Wildman–Crippen MR) is 279 cm³/mol. The van der Waals surface area contributed by atoms with Crippen molar-refractivity contribution >= 4 is 17.9 Å². The molecule has 0 amide bonds. The Bertz CT molecular complexity index is 1310. The third-order valence-corrected chi connectivity index (χ3v) is 11.1. The molecular formula is C59H98O6. The van der Waals surface area contributed by atoms with E-state index < -0.39 is 6.10 Å². The van der Waals surface area contributed by atoms with E-state index in [-0.39, 0.29) is 37.5 Å². The maximum absolute atomic E-state index is 12.8. The molecule has 0 aromatic heterocycles. The van der Waals surface area contributed by atoms with Crippen LogP contribution < -0.4 is 0 Å². The van der Waals surface area contributed by atoms with Crippen LogP contribution in [0.15, 0.2) is 97.2 Å². The van der Waals surface area contributed by atoms with Crippen molar-refractivity contribution in [2.24, 2.45) is 0 Å². The molecule has 6 heteroatoms. The minimum Gasteiger partial charge on any atom is -0.462 e. The first-order valence-corrected chi connectivity index (χ1v) is 26.7. The molecule has 0 saturated carbocycles. The van der Waals surface area contributed by atoms with Gasteiger partial charge in [-0.05, 0) is 89.9 Å². The average molecular weight is 903 g/mol. The van der Waals surface area contributed by atoms with Gasteiger partial charge in [0.15, 0.2) is 6.10 Å². The Morgan fingerprint density at radius 3 is 1.06 bits per heavy atom. The van der Waals surface area contributed by atoms with E-state index in [1.54, 1.807) is 0 Å². The number of ether oxygens (including phenoxy) is 3. The maximum atomic E-state index is 12.8. The Morgan fingerprint density at radius 1 is 0.323 bits per heavy atom. The first kappa shape index (κ1) is 61.3. The standard InChI is InChI=1S/C59H98O6/c1-4-7-10-13-16-19-22-24-26-28-29-31-32-34-37-40-43-46-49-52-58(61)64-55-56(54-63-57(60)51-48-45-42-39-36-21-18-15-12-9-6-3)65-59(62)53-50-47-44-41-38-35-33-30-27-25-23-20-17-14-11-8-5-2/h7,10,16-17,19-20,24-27,29,31,34,37,43,46,56H,4-6,8-9,11-15,18,21-23,28,30,32-33,35-36,38-42,44-45,47-55H2,1-3H3/b10-7-,19-16-,20-17-,26-24-,27-25-,31-29-,37-34-,46-43-/t56-/m1/s1. The predicted octanol–water partition coefficient (Wildman–Crippen LogP) is 17.8. The summed E-state index contributed by atoms with van der Waals surface area (Å²) in [4.78, 5) is 38.0. The van der Waals surface area contributed by atoms with Crippen LogP contribution in [0.3, 0.4) is 0 Å². The van der Waals surface area contributed by atoms with Gasteiger partial charge in [0, 0.05) is 19.3 Å². The lowest BCUT2D eigenvalue weighted by molar-refractivity contribution is -0.166. The van der Waals surface area contributed by atoms with Crippen LogP contribution >= 0.6 is 0 Å².